The maximum Gasteiger partial charge on any atom is 0.160 e. The van der Waals surface area contributed by atoms with Crippen molar-refractivity contribution in [2.45, 2.75) is 46.2 Å². The molecule has 0 aliphatic carbocycles. The van der Waals surface area contributed by atoms with Gasteiger partial charge in [-0.1, -0.05) is 27.7 Å². The number of hydrogen-bond donors (Lipinski definition) is 1. The summed E-state index contributed by atoms with van der Waals surface area (Å²) in [5.74, 6) is -1.24. The third kappa shape index (κ3) is 2.95. The molecule has 0 unspecified atom stereocenters. The third-order valence-corrected chi connectivity index (χ3v) is 4.26. The molecule has 2 rings (SSSR count). The number of thiophene rings is 1. The van der Waals surface area contributed by atoms with E-state index in [1.807, 2.05) is 0 Å². The van der Waals surface area contributed by atoms with E-state index in [1.54, 1.807) is 11.3 Å². The van der Waals surface area contributed by atoms with Crippen molar-refractivity contribution in [3.05, 3.63) is 34.2 Å². The topological polar surface area (TPSA) is 12.0 Å². The second kappa shape index (κ2) is 5.55. The second-order valence-corrected chi connectivity index (χ2v) is 6.53. The van der Waals surface area contributed by atoms with Gasteiger partial charge in [-0.25, -0.2) is 8.78 Å². The van der Waals surface area contributed by atoms with Crippen molar-refractivity contribution in [2.75, 3.05) is 0 Å². The second-order valence-electron chi connectivity index (χ2n) is 5.39. The largest absolute Gasteiger partial charge is 0.310 e. The van der Waals surface area contributed by atoms with E-state index in [0.717, 1.165) is 22.2 Å². The van der Waals surface area contributed by atoms with Crippen molar-refractivity contribution in [3.8, 4) is 0 Å². The quantitative estimate of drug-likeness (QED) is 0.849. The monoisotopic (exact) mass is 283 g/mol. The van der Waals surface area contributed by atoms with Gasteiger partial charge in [0.2, 0.25) is 0 Å². The molecule has 0 amide bonds. The fraction of sp³-hybridized carbons (Fsp3) is 0.467. The van der Waals surface area contributed by atoms with Crippen molar-refractivity contribution in [1.82, 2.24) is 5.32 Å². The van der Waals surface area contributed by atoms with Crippen molar-refractivity contribution in [2.24, 2.45) is 0 Å². The van der Waals surface area contributed by atoms with Gasteiger partial charge in [-0.05, 0) is 29.0 Å². The van der Waals surface area contributed by atoms with E-state index in [4.69, 9.17) is 0 Å². The third-order valence-electron chi connectivity index (χ3n) is 3.09. The number of rotatable bonds is 4. The normalized spacial score (nSPS) is 12.0. The van der Waals surface area contributed by atoms with Crippen LogP contribution in [0.4, 0.5) is 8.78 Å². The fourth-order valence-electron chi connectivity index (χ4n) is 2.22. The van der Waals surface area contributed by atoms with E-state index < -0.39 is 11.6 Å². The molecule has 1 aromatic carbocycles. The zero-order valence-electron chi connectivity index (χ0n) is 11.7. The summed E-state index contributed by atoms with van der Waals surface area (Å²) in [5, 5.41) is 4.22. The van der Waals surface area contributed by atoms with Crippen LogP contribution in [-0.4, -0.2) is 6.04 Å². The van der Waals surface area contributed by atoms with E-state index in [0.29, 0.717) is 12.0 Å². The number of benzene rings is 1. The molecule has 0 atom stereocenters. The Labute approximate surface area is 116 Å². The Hall–Kier alpha value is -1.00. The van der Waals surface area contributed by atoms with Gasteiger partial charge in [-0.2, -0.15) is 0 Å². The van der Waals surface area contributed by atoms with Crippen LogP contribution in [0.25, 0.3) is 10.1 Å². The maximum atomic E-state index is 13.4. The van der Waals surface area contributed by atoms with E-state index in [1.165, 1.54) is 17.0 Å². The van der Waals surface area contributed by atoms with Crippen molar-refractivity contribution in [3.63, 3.8) is 0 Å². The summed E-state index contributed by atoms with van der Waals surface area (Å²) in [6.45, 7) is 9.08. The summed E-state index contributed by atoms with van der Waals surface area (Å²) in [5.41, 5.74) is 1.13. The molecular formula is C15H19F2NS. The molecule has 0 saturated heterocycles. The van der Waals surface area contributed by atoms with Gasteiger partial charge in [0, 0.05) is 22.2 Å². The first-order valence-corrected chi connectivity index (χ1v) is 7.35. The van der Waals surface area contributed by atoms with E-state index in [9.17, 15) is 8.78 Å². The average Bonchev–Trinajstić information content (AvgIpc) is 2.64. The predicted octanol–water partition coefficient (Wildman–Crippen LogP) is 4.80. The van der Waals surface area contributed by atoms with Crippen LogP contribution in [0.1, 0.15) is 44.1 Å². The molecule has 2 aromatic rings. The molecule has 0 radical (unpaired) electrons. The Balaban J connectivity index is 2.53. The smallest absolute Gasteiger partial charge is 0.160 e. The Morgan fingerprint density at radius 1 is 1.11 bits per heavy atom. The van der Waals surface area contributed by atoms with Crippen molar-refractivity contribution in [1.29, 1.82) is 0 Å². The zero-order chi connectivity index (χ0) is 14.2. The molecule has 0 aliphatic heterocycles. The lowest BCUT2D eigenvalue weighted by Gasteiger charge is -2.11. The SMILES string of the molecule is CC(C)NCc1sc2cc(F)c(F)cc2c1C(C)C. The molecule has 1 nitrogen and oxygen atoms in total. The minimum atomic E-state index is -0.771. The highest BCUT2D eigenvalue weighted by Gasteiger charge is 2.17. The van der Waals surface area contributed by atoms with Crippen molar-refractivity contribution >= 4 is 21.4 Å². The summed E-state index contributed by atoms with van der Waals surface area (Å²) < 4.78 is 27.6. The maximum absolute atomic E-state index is 13.4. The molecule has 1 aromatic heterocycles. The first kappa shape index (κ1) is 14.4. The van der Waals surface area contributed by atoms with Gasteiger partial charge in [-0.15, -0.1) is 11.3 Å². The lowest BCUT2D eigenvalue weighted by molar-refractivity contribution is 0.511. The minimum Gasteiger partial charge on any atom is -0.310 e. The number of fused-ring (bicyclic) bond motifs is 1. The number of nitrogens with one attached hydrogen (secondary N) is 1. The van der Waals surface area contributed by atoms with Crippen LogP contribution >= 0.6 is 11.3 Å². The van der Waals surface area contributed by atoms with Gasteiger partial charge in [0.1, 0.15) is 0 Å². The van der Waals surface area contributed by atoms with Crippen molar-refractivity contribution < 1.29 is 8.78 Å². The van der Waals surface area contributed by atoms with Crippen LogP contribution in [0, 0.1) is 11.6 Å². The fourth-order valence-corrected chi connectivity index (χ4v) is 3.54. The molecule has 0 fully saturated rings. The first-order valence-electron chi connectivity index (χ1n) is 6.53. The molecule has 4 heteroatoms. The lowest BCUT2D eigenvalue weighted by Crippen LogP contribution is -2.21. The summed E-state index contributed by atoms with van der Waals surface area (Å²) in [4.78, 5) is 1.17. The summed E-state index contributed by atoms with van der Waals surface area (Å²) in [6.07, 6.45) is 0. The van der Waals surface area contributed by atoms with Crippen LogP contribution in [0.2, 0.25) is 0 Å². The standard InChI is InChI=1S/C15H19F2NS/c1-8(2)15-10-5-11(16)12(17)6-13(10)19-14(15)7-18-9(3)4/h5-6,8-9,18H,7H2,1-4H3. The van der Waals surface area contributed by atoms with E-state index >= 15 is 0 Å². The molecule has 1 heterocycles. The predicted molar refractivity (Wildman–Crippen MR) is 77.8 cm³/mol. The van der Waals surface area contributed by atoms with Gasteiger partial charge in [-0.3, -0.25) is 0 Å². The highest BCUT2D eigenvalue weighted by Crippen LogP contribution is 2.37. The molecule has 19 heavy (non-hydrogen) atoms. The zero-order valence-corrected chi connectivity index (χ0v) is 12.5. The average molecular weight is 283 g/mol. The van der Waals surface area contributed by atoms with Crippen LogP contribution in [0.15, 0.2) is 12.1 Å². The number of hydrogen-bond acceptors (Lipinski definition) is 2. The first-order chi connectivity index (χ1) is 8.90. The number of halogens is 2. The molecule has 0 spiro atoms. The Morgan fingerprint density at radius 2 is 1.74 bits per heavy atom. The van der Waals surface area contributed by atoms with Gasteiger partial charge >= 0.3 is 0 Å². The Morgan fingerprint density at radius 3 is 2.32 bits per heavy atom. The Bertz CT molecular complexity index is 587. The molecule has 104 valence electrons. The Kier molecular flexibility index (Phi) is 4.21. The van der Waals surface area contributed by atoms with Gasteiger partial charge in [0.25, 0.3) is 0 Å². The lowest BCUT2D eigenvalue weighted by atomic mass is 9.99. The molecule has 0 saturated carbocycles. The summed E-state index contributed by atoms with van der Waals surface area (Å²) >= 11 is 1.55. The van der Waals surface area contributed by atoms with Gasteiger partial charge < -0.3 is 5.32 Å². The van der Waals surface area contributed by atoms with Crippen LogP contribution in [0.5, 0.6) is 0 Å². The summed E-state index contributed by atoms with van der Waals surface area (Å²) in [7, 11) is 0. The van der Waals surface area contributed by atoms with Crippen LogP contribution < -0.4 is 5.32 Å². The minimum absolute atomic E-state index is 0.294. The highest BCUT2D eigenvalue weighted by atomic mass is 32.1. The summed E-state index contributed by atoms with van der Waals surface area (Å²) in [6, 6.07) is 3.02. The molecular weight excluding hydrogens is 264 g/mol. The molecule has 0 aliphatic rings. The van der Waals surface area contributed by atoms with E-state index in [-0.39, 0.29) is 0 Å². The van der Waals surface area contributed by atoms with Gasteiger partial charge in [0.05, 0.1) is 0 Å². The van der Waals surface area contributed by atoms with Gasteiger partial charge in [0.15, 0.2) is 11.6 Å². The van der Waals surface area contributed by atoms with E-state index in [2.05, 4.69) is 33.0 Å². The van der Waals surface area contributed by atoms with Crippen LogP contribution in [-0.2, 0) is 6.54 Å². The molecule has 1 N–H and O–H groups in total. The van der Waals surface area contributed by atoms with Crippen LogP contribution in [0.3, 0.4) is 0 Å². The molecule has 0 bridgehead atoms. The highest BCUT2D eigenvalue weighted by molar-refractivity contribution is 7.19.